The Morgan fingerprint density at radius 1 is 1.47 bits per heavy atom. The standard InChI is InChI=1S/C11H17FN2O/c1-9-6-11(15-2)7-10(14-9)8-13-5-3-4-12/h6-7,13H,3-5,8H2,1-2H3. The zero-order valence-corrected chi connectivity index (χ0v) is 9.22. The second-order valence-electron chi connectivity index (χ2n) is 3.36. The van der Waals surface area contributed by atoms with Crippen LogP contribution >= 0.6 is 0 Å². The molecule has 84 valence electrons. The summed E-state index contributed by atoms with van der Waals surface area (Å²) in [5, 5.41) is 3.12. The van der Waals surface area contributed by atoms with Crippen LogP contribution in [0.2, 0.25) is 0 Å². The SMILES string of the molecule is COc1cc(C)nc(CNCCCF)c1. The fraction of sp³-hybridized carbons (Fsp3) is 0.545. The van der Waals surface area contributed by atoms with E-state index in [1.54, 1.807) is 7.11 Å². The van der Waals surface area contributed by atoms with E-state index in [9.17, 15) is 4.39 Å². The molecule has 1 rings (SSSR count). The molecule has 15 heavy (non-hydrogen) atoms. The largest absolute Gasteiger partial charge is 0.497 e. The van der Waals surface area contributed by atoms with Gasteiger partial charge in [-0.25, -0.2) is 0 Å². The van der Waals surface area contributed by atoms with Crippen LogP contribution in [0.4, 0.5) is 4.39 Å². The zero-order chi connectivity index (χ0) is 11.1. The maximum atomic E-state index is 11.8. The van der Waals surface area contributed by atoms with E-state index in [2.05, 4.69) is 10.3 Å². The Balaban J connectivity index is 2.49. The smallest absolute Gasteiger partial charge is 0.122 e. The van der Waals surface area contributed by atoms with Crippen molar-refractivity contribution in [1.82, 2.24) is 10.3 Å². The maximum absolute atomic E-state index is 11.8. The number of ether oxygens (including phenoxy) is 1. The lowest BCUT2D eigenvalue weighted by Gasteiger charge is -2.06. The molecule has 1 aromatic heterocycles. The second kappa shape index (κ2) is 6.35. The Labute approximate surface area is 89.7 Å². The number of rotatable bonds is 6. The van der Waals surface area contributed by atoms with Crippen molar-refractivity contribution in [3.63, 3.8) is 0 Å². The lowest BCUT2D eigenvalue weighted by molar-refractivity contribution is 0.412. The summed E-state index contributed by atoms with van der Waals surface area (Å²) in [6.07, 6.45) is 0.545. The quantitative estimate of drug-likeness (QED) is 0.731. The molecule has 0 unspecified atom stereocenters. The monoisotopic (exact) mass is 212 g/mol. The lowest BCUT2D eigenvalue weighted by atomic mass is 10.3. The van der Waals surface area contributed by atoms with Crippen LogP contribution in [0.15, 0.2) is 12.1 Å². The van der Waals surface area contributed by atoms with Crippen LogP contribution in [-0.4, -0.2) is 25.3 Å². The van der Waals surface area contributed by atoms with Gasteiger partial charge in [-0.1, -0.05) is 0 Å². The number of hydrogen-bond donors (Lipinski definition) is 1. The first kappa shape index (κ1) is 11.9. The van der Waals surface area contributed by atoms with Crippen LogP contribution in [0.25, 0.3) is 0 Å². The van der Waals surface area contributed by atoms with Gasteiger partial charge in [-0.3, -0.25) is 9.37 Å². The number of alkyl halides is 1. The van der Waals surface area contributed by atoms with Crippen molar-refractivity contribution in [3.05, 3.63) is 23.5 Å². The number of nitrogens with zero attached hydrogens (tertiary/aromatic N) is 1. The van der Waals surface area contributed by atoms with Gasteiger partial charge in [-0.2, -0.15) is 0 Å². The van der Waals surface area contributed by atoms with Crippen LogP contribution in [0.5, 0.6) is 5.75 Å². The molecule has 0 atom stereocenters. The van der Waals surface area contributed by atoms with Gasteiger partial charge in [0.15, 0.2) is 0 Å². The molecule has 0 aromatic carbocycles. The minimum absolute atomic E-state index is 0.280. The van der Waals surface area contributed by atoms with Crippen molar-refractivity contribution >= 4 is 0 Å². The molecule has 1 N–H and O–H groups in total. The van der Waals surface area contributed by atoms with Crippen molar-refractivity contribution in [2.75, 3.05) is 20.3 Å². The third-order valence-corrected chi connectivity index (χ3v) is 2.01. The average molecular weight is 212 g/mol. The summed E-state index contributed by atoms with van der Waals surface area (Å²) in [6.45, 7) is 2.97. The Bertz CT molecular complexity index is 305. The fourth-order valence-corrected chi connectivity index (χ4v) is 1.32. The molecule has 0 aliphatic heterocycles. The first-order valence-corrected chi connectivity index (χ1v) is 5.04. The van der Waals surface area contributed by atoms with Crippen molar-refractivity contribution in [1.29, 1.82) is 0 Å². The van der Waals surface area contributed by atoms with Crippen molar-refractivity contribution < 1.29 is 9.13 Å². The lowest BCUT2D eigenvalue weighted by Crippen LogP contribution is -2.16. The highest BCUT2D eigenvalue weighted by Gasteiger charge is 1.99. The first-order chi connectivity index (χ1) is 7.26. The molecule has 0 fully saturated rings. The molecule has 1 heterocycles. The number of aromatic nitrogens is 1. The fourth-order valence-electron chi connectivity index (χ4n) is 1.32. The molecule has 0 amide bonds. The van der Waals surface area contributed by atoms with Gasteiger partial charge in [-0.15, -0.1) is 0 Å². The Morgan fingerprint density at radius 3 is 2.93 bits per heavy atom. The molecule has 0 radical (unpaired) electrons. The highest BCUT2D eigenvalue weighted by Crippen LogP contribution is 2.12. The molecule has 0 saturated carbocycles. The van der Waals surface area contributed by atoms with Crippen LogP contribution < -0.4 is 10.1 Å². The molecule has 3 nitrogen and oxygen atoms in total. The van der Waals surface area contributed by atoms with E-state index in [4.69, 9.17) is 4.74 Å². The van der Waals surface area contributed by atoms with Gasteiger partial charge >= 0.3 is 0 Å². The first-order valence-electron chi connectivity index (χ1n) is 5.04. The van der Waals surface area contributed by atoms with E-state index in [0.717, 1.165) is 17.1 Å². The van der Waals surface area contributed by atoms with Crippen LogP contribution in [-0.2, 0) is 6.54 Å². The number of pyridine rings is 1. The molecule has 0 bridgehead atoms. The van der Waals surface area contributed by atoms with Gasteiger partial charge in [0.1, 0.15) is 5.75 Å². The zero-order valence-electron chi connectivity index (χ0n) is 9.22. The predicted octanol–water partition coefficient (Wildman–Crippen LogP) is 1.85. The van der Waals surface area contributed by atoms with Crippen molar-refractivity contribution in [2.45, 2.75) is 19.9 Å². The molecule has 0 aliphatic carbocycles. The molecule has 0 spiro atoms. The second-order valence-corrected chi connectivity index (χ2v) is 3.36. The Kier molecular flexibility index (Phi) is 5.04. The molecule has 1 aromatic rings. The van der Waals surface area contributed by atoms with Gasteiger partial charge in [0, 0.05) is 24.4 Å². The summed E-state index contributed by atoms with van der Waals surface area (Å²) in [4.78, 5) is 4.34. The Morgan fingerprint density at radius 2 is 2.27 bits per heavy atom. The normalized spacial score (nSPS) is 10.3. The van der Waals surface area contributed by atoms with E-state index in [1.807, 2.05) is 19.1 Å². The van der Waals surface area contributed by atoms with E-state index >= 15 is 0 Å². The summed E-state index contributed by atoms with van der Waals surface area (Å²) < 4.78 is 17.0. The number of hydrogen-bond acceptors (Lipinski definition) is 3. The van der Waals surface area contributed by atoms with E-state index < -0.39 is 0 Å². The van der Waals surface area contributed by atoms with E-state index in [-0.39, 0.29) is 6.67 Å². The summed E-state index contributed by atoms with van der Waals surface area (Å²) in [6, 6.07) is 3.76. The molecular formula is C11H17FN2O. The average Bonchev–Trinajstić information content (AvgIpc) is 2.23. The van der Waals surface area contributed by atoms with Gasteiger partial charge in [0.2, 0.25) is 0 Å². The van der Waals surface area contributed by atoms with E-state index in [1.165, 1.54) is 0 Å². The number of nitrogens with one attached hydrogen (secondary N) is 1. The highest BCUT2D eigenvalue weighted by atomic mass is 19.1. The van der Waals surface area contributed by atoms with E-state index in [0.29, 0.717) is 19.5 Å². The molecule has 4 heteroatoms. The van der Waals surface area contributed by atoms with Gasteiger partial charge in [0.05, 0.1) is 19.5 Å². The maximum Gasteiger partial charge on any atom is 0.122 e. The summed E-state index contributed by atoms with van der Waals surface area (Å²) in [7, 11) is 1.63. The third kappa shape index (κ3) is 4.25. The minimum Gasteiger partial charge on any atom is -0.497 e. The summed E-state index contributed by atoms with van der Waals surface area (Å²) in [5.41, 5.74) is 1.85. The Hall–Kier alpha value is -1.16. The number of methoxy groups -OCH3 is 1. The van der Waals surface area contributed by atoms with Gasteiger partial charge in [-0.05, 0) is 19.9 Å². The highest BCUT2D eigenvalue weighted by molar-refractivity contribution is 5.26. The minimum atomic E-state index is -0.280. The topological polar surface area (TPSA) is 34.1 Å². The molecule has 0 saturated heterocycles. The van der Waals surface area contributed by atoms with Gasteiger partial charge < -0.3 is 10.1 Å². The number of halogens is 1. The van der Waals surface area contributed by atoms with Crippen molar-refractivity contribution in [3.8, 4) is 5.75 Å². The summed E-state index contributed by atoms with van der Waals surface area (Å²) >= 11 is 0. The number of aryl methyl sites for hydroxylation is 1. The molecule has 0 aliphatic rings. The van der Waals surface area contributed by atoms with Crippen LogP contribution in [0.1, 0.15) is 17.8 Å². The summed E-state index contributed by atoms with van der Waals surface area (Å²) in [5.74, 6) is 0.810. The van der Waals surface area contributed by atoms with Gasteiger partial charge in [0.25, 0.3) is 0 Å². The van der Waals surface area contributed by atoms with Crippen molar-refractivity contribution in [2.24, 2.45) is 0 Å². The predicted molar refractivity (Wildman–Crippen MR) is 57.8 cm³/mol. The van der Waals surface area contributed by atoms with Crippen LogP contribution in [0.3, 0.4) is 0 Å². The van der Waals surface area contributed by atoms with Crippen LogP contribution in [0, 0.1) is 6.92 Å². The third-order valence-electron chi connectivity index (χ3n) is 2.01. The molecular weight excluding hydrogens is 195 g/mol.